The number of amides is 1. The average molecular weight is 304 g/mol. The average Bonchev–Trinajstić information content (AvgIpc) is 2.75. The summed E-state index contributed by atoms with van der Waals surface area (Å²) in [4.78, 5) is 14.8. The van der Waals surface area contributed by atoms with Gasteiger partial charge in [-0.1, -0.05) is 0 Å². The zero-order valence-electron chi connectivity index (χ0n) is 8.86. The molecule has 0 radical (unpaired) electrons. The van der Waals surface area contributed by atoms with Crippen LogP contribution in [0, 0.1) is 5.92 Å². The van der Waals surface area contributed by atoms with E-state index < -0.39 is 0 Å². The molecule has 1 aliphatic heterocycles. The van der Waals surface area contributed by atoms with Crippen molar-refractivity contribution in [2.75, 3.05) is 19.7 Å². The summed E-state index contributed by atoms with van der Waals surface area (Å²) in [5.74, 6) is 0.481. The summed E-state index contributed by atoms with van der Waals surface area (Å²) >= 11 is 4.85. The molecular formula is C11H14BrNO2S. The molecule has 0 saturated carbocycles. The molecule has 3 nitrogen and oxygen atoms in total. The van der Waals surface area contributed by atoms with Gasteiger partial charge in [-0.15, -0.1) is 11.3 Å². The highest BCUT2D eigenvalue weighted by Gasteiger charge is 2.24. The second-order valence-corrected chi connectivity index (χ2v) is 5.79. The molecule has 0 aromatic carbocycles. The minimum Gasteiger partial charge on any atom is -0.396 e. The van der Waals surface area contributed by atoms with Crippen LogP contribution in [0.4, 0.5) is 0 Å². The van der Waals surface area contributed by atoms with Crippen molar-refractivity contribution in [3.05, 3.63) is 20.8 Å². The fourth-order valence-electron chi connectivity index (χ4n) is 1.91. The van der Waals surface area contributed by atoms with Crippen LogP contribution in [-0.4, -0.2) is 35.6 Å². The normalized spacial score (nSPS) is 17.8. The number of carbonyl (C=O) groups excluding carboxylic acids is 1. The highest BCUT2D eigenvalue weighted by molar-refractivity contribution is 9.10. The van der Waals surface area contributed by atoms with Crippen LogP contribution in [0.25, 0.3) is 0 Å². The standard InChI is InChI=1S/C11H14BrNO2S/c12-9-3-6-16-10(9)11(15)13-4-1-8(7-14)2-5-13/h3,6,8,14H,1-2,4-5,7H2. The Balaban J connectivity index is 2.00. The number of hydrogen-bond donors (Lipinski definition) is 1. The molecule has 1 N–H and O–H groups in total. The number of aliphatic hydroxyl groups is 1. The third kappa shape index (κ3) is 2.47. The van der Waals surface area contributed by atoms with Crippen molar-refractivity contribution in [3.63, 3.8) is 0 Å². The molecule has 0 bridgehead atoms. The minimum atomic E-state index is 0.110. The highest BCUT2D eigenvalue weighted by Crippen LogP contribution is 2.26. The van der Waals surface area contributed by atoms with E-state index in [1.807, 2.05) is 16.3 Å². The topological polar surface area (TPSA) is 40.5 Å². The second kappa shape index (κ2) is 5.29. The molecule has 0 spiro atoms. The van der Waals surface area contributed by atoms with Crippen molar-refractivity contribution in [1.82, 2.24) is 4.90 Å². The van der Waals surface area contributed by atoms with Gasteiger partial charge >= 0.3 is 0 Å². The first kappa shape index (κ1) is 12.1. The van der Waals surface area contributed by atoms with E-state index in [1.54, 1.807) is 0 Å². The molecule has 1 aliphatic rings. The van der Waals surface area contributed by atoms with Crippen LogP contribution >= 0.6 is 27.3 Å². The van der Waals surface area contributed by atoms with Crippen LogP contribution in [-0.2, 0) is 0 Å². The molecule has 16 heavy (non-hydrogen) atoms. The van der Waals surface area contributed by atoms with Gasteiger partial charge < -0.3 is 10.0 Å². The van der Waals surface area contributed by atoms with Gasteiger partial charge in [0.25, 0.3) is 5.91 Å². The zero-order valence-corrected chi connectivity index (χ0v) is 11.3. The Morgan fingerprint density at radius 1 is 1.56 bits per heavy atom. The van der Waals surface area contributed by atoms with E-state index in [9.17, 15) is 4.79 Å². The SMILES string of the molecule is O=C(c1sccc1Br)N1CCC(CO)CC1. The summed E-state index contributed by atoms with van der Waals surface area (Å²) < 4.78 is 0.881. The van der Waals surface area contributed by atoms with E-state index in [0.717, 1.165) is 35.3 Å². The van der Waals surface area contributed by atoms with Gasteiger partial charge in [0.05, 0.1) is 0 Å². The molecule has 1 aromatic heterocycles. The maximum absolute atomic E-state index is 12.1. The lowest BCUT2D eigenvalue weighted by Gasteiger charge is -2.30. The van der Waals surface area contributed by atoms with Gasteiger partial charge in [0, 0.05) is 24.2 Å². The first-order chi connectivity index (χ1) is 7.72. The minimum absolute atomic E-state index is 0.110. The Bertz CT molecular complexity index is 372. The van der Waals surface area contributed by atoms with Gasteiger partial charge in [0.1, 0.15) is 4.88 Å². The Kier molecular flexibility index (Phi) is 4.00. The van der Waals surface area contributed by atoms with Crippen molar-refractivity contribution in [2.45, 2.75) is 12.8 Å². The quantitative estimate of drug-likeness (QED) is 0.911. The monoisotopic (exact) mass is 303 g/mol. The van der Waals surface area contributed by atoms with E-state index >= 15 is 0 Å². The Hall–Kier alpha value is -0.390. The maximum Gasteiger partial charge on any atom is 0.265 e. The summed E-state index contributed by atoms with van der Waals surface area (Å²) in [7, 11) is 0. The second-order valence-electron chi connectivity index (χ2n) is 4.02. The number of likely N-dealkylation sites (tertiary alicyclic amines) is 1. The first-order valence-corrected chi connectivity index (χ1v) is 7.02. The molecule has 0 atom stereocenters. The number of aliphatic hydroxyl groups excluding tert-OH is 1. The number of thiophene rings is 1. The Labute approximate surface area is 107 Å². The van der Waals surface area contributed by atoms with Gasteiger partial charge in [0.15, 0.2) is 0 Å². The van der Waals surface area contributed by atoms with Crippen LogP contribution in [0.2, 0.25) is 0 Å². The van der Waals surface area contributed by atoms with Crippen LogP contribution in [0.5, 0.6) is 0 Å². The summed E-state index contributed by atoms with van der Waals surface area (Å²) in [5, 5.41) is 10.9. The summed E-state index contributed by atoms with van der Waals surface area (Å²) in [6.07, 6.45) is 1.82. The molecule has 2 heterocycles. The van der Waals surface area contributed by atoms with Crippen molar-refractivity contribution >= 4 is 33.2 Å². The lowest BCUT2D eigenvalue weighted by atomic mass is 9.98. The van der Waals surface area contributed by atoms with Gasteiger partial charge in [-0.05, 0) is 46.1 Å². The molecule has 2 rings (SSSR count). The van der Waals surface area contributed by atoms with Crippen molar-refractivity contribution in [2.24, 2.45) is 5.92 Å². The van der Waals surface area contributed by atoms with E-state index in [0.29, 0.717) is 5.92 Å². The molecule has 1 saturated heterocycles. The highest BCUT2D eigenvalue weighted by atomic mass is 79.9. The molecule has 88 valence electrons. The fraction of sp³-hybridized carbons (Fsp3) is 0.545. The number of nitrogens with zero attached hydrogens (tertiary/aromatic N) is 1. The molecule has 1 aromatic rings. The van der Waals surface area contributed by atoms with Crippen LogP contribution in [0.15, 0.2) is 15.9 Å². The number of hydrogen-bond acceptors (Lipinski definition) is 3. The molecule has 1 amide bonds. The predicted molar refractivity (Wildman–Crippen MR) is 67.7 cm³/mol. The Morgan fingerprint density at radius 3 is 2.75 bits per heavy atom. The van der Waals surface area contributed by atoms with E-state index in [4.69, 9.17) is 5.11 Å². The lowest BCUT2D eigenvalue weighted by Crippen LogP contribution is -2.39. The lowest BCUT2D eigenvalue weighted by molar-refractivity contribution is 0.0655. The summed E-state index contributed by atoms with van der Waals surface area (Å²) in [6.45, 7) is 1.76. The summed E-state index contributed by atoms with van der Waals surface area (Å²) in [6, 6.07) is 1.90. The van der Waals surface area contributed by atoms with Crippen LogP contribution in [0.3, 0.4) is 0 Å². The zero-order chi connectivity index (χ0) is 11.5. The number of rotatable bonds is 2. The third-order valence-electron chi connectivity index (χ3n) is 2.97. The van der Waals surface area contributed by atoms with E-state index in [1.165, 1.54) is 11.3 Å². The largest absolute Gasteiger partial charge is 0.396 e. The fourth-order valence-corrected chi connectivity index (χ4v) is 3.42. The van der Waals surface area contributed by atoms with E-state index in [-0.39, 0.29) is 12.5 Å². The molecule has 0 unspecified atom stereocenters. The molecular weight excluding hydrogens is 290 g/mol. The molecule has 1 fully saturated rings. The third-order valence-corrected chi connectivity index (χ3v) is 4.80. The van der Waals surface area contributed by atoms with E-state index in [2.05, 4.69) is 15.9 Å². The predicted octanol–water partition coefficient (Wildman–Crippen LogP) is 2.36. The van der Waals surface area contributed by atoms with Crippen molar-refractivity contribution in [3.8, 4) is 0 Å². The number of halogens is 1. The van der Waals surface area contributed by atoms with Crippen molar-refractivity contribution < 1.29 is 9.90 Å². The van der Waals surface area contributed by atoms with Crippen molar-refractivity contribution in [1.29, 1.82) is 0 Å². The smallest absolute Gasteiger partial charge is 0.265 e. The molecule has 0 aliphatic carbocycles. The number of piperidine rings is 1. The van der Waals surface area contributed by atoms with Crippen LogP contribution in [0.1, 0.15) is 22.5 Å². The van der Waals surface area contributed by atoms with Gasteiger partial charge in [-0.25, -0.2) is 0 Å². The Morgan fingerprint density at radius 2 is 2.25 bits per heavy atom. The van der Waals surface area contributed by atoms with Crippen LogP contribution < -0.4 is 0 Å². The van der Waals surface area contributed by atoms with Gasteiger partial charge in [-0.3, -0.25) is 4.79 Å². The maximum atomic E-state index is 12.1. The molecule has 5 heteroatoms. The number of carbonyl (C=O) groups is 1. The van der Waals surface area contributed by atoms with Gasteiger partial charge in [-0.2, -0.15) is 0 Å². The summed E-state index contributed by atoms with van der Waals surface area (Å²) in [5.41, 5.74) is 0. The van der Waals surface area contributed by atoms with Gasteiger partial charge in [0.2, 0.25) is 0 Å². The first-order valence-electron chi connectivity index (χ1n) is 5.35.